The number of hydrogen-bond acceptors (Lipinski definition) is 2. The smallest absolute Gasteiger partial charge is 0.313 e. The highest BCUT2D eigenvalue weighted by Gasteiger charge is 1.91. The summed E-state index contributed by atoms with van der Waals surface area (Å²) in [6.07, 6.45) is 1.90. The molecule has 0 fully saturated rings. The molecule has 0 aliphatic carbocycles. The molecule has 1 aromatic rings. The van der Waals surface area contributed by atoms with Crippen LogP contribution in [0.25, 0.3) is 6.08 Å². The van der Waals surface area contributed by atoms with Crippen LogP contribution in [0.1, 0.15) is 5.56 Å². The van der Waals surface area contributed by atoms with Gasteiger partial charge in [-0.2, -0.15) is 0 Å². The first kappa shape index (κ1) is 9.86. The SMILES string of the molecule is O=C(O)CSC=Cc1ccccc1. The summed E-state index contributed by atoms with van der Waals surface area (Å²) >= 11 is 1.28. The topological polar surface area (TPSA) is 37.3 Å². The maximum atomic E-state index is 10.2. The van der Waals surface area contributed by atoms with Gasteiger partial charge in [-0.05, 0) is 17.0 Å². The molecule has 0 saturated heterocycles. The minimum absolute atomic E-state index is 0.114. The van der Waals surface area contributed by atoms with Gasteiger partial charge in [0.25, 0.3) is 0 Å². The lowest BCUT2D eigenvalue weighted by Crippen LogP contribution is -1.95. The number of benzene rings is 1. The van der Waals surface area contributed by atoms with Gasteiger partial charge in [0.2, 0.25) is 0 Å². The van der Waals surface area contributed by atoms with Crippen molar-refractivity contribution in [3.8, 4) is 0 Å². The lowest BCUT2D eigenvalue weighted by atomic mass is 10.2. The van der Waals surface area contributed by atoms with E-state index >= 15 is 0 Å². The Labute approximate surface area is 81.3 Å². The van der Waals surface area contributed by atoms with E-state index in [4.69, 9.17) is 5.11 Å². The molecule has 2 nitrogen and oxygen atoms in total. The predicted molar refractivity (Wildman–Crippen MR) is 55.6 cm³/mol. The maximum absolute atomic E-state index is 10.2. The van der Waals surface area contributed by atoms with Crippen LogP contribution in [0.5, 0.6) is 0 Å². The number of carbonyl (C=O) groups is 1. The number of carboxylic acid groups (broad SMARTS) is 1. The molecule has 0 radical (unpaired) electrons. The highest BCUT2D eigenvalue weighted by molar-refractivity contribution is 8.02. The molecule has 3 heteroatoms. The fourth-order valence-corrected chi connectivity index (χ4v) is 1.30. The van der Waals surface area contributed by atoms with E-state index in [1.807, 2.05) is 36.4 Å². The highest BCUT2D eigenvalue weighted by Crippen LogP contribution is 2.07. The minimum atomic E-state index is -0.789. The number of carboxylic acids is 1. The molecule has 0 aromatic heterocycles. The summed E-state index contributed by atoms with van der Waals surface area (Å²) in [5, 5.41) is 10.2. The van der Waals surface area contributed by atoms with Crippen LogP contribution in [0.2, 0.25) is 0 Å². The van der Waals surface area contributed by atoms with Crippen molar-refractivity contribution in [1.29, 1.82) is 0 Å². The van der Waals surface area contributed by atoms with Crippen LogP contribution < -0.4 is 0 Å². The van der Waals surface area contributed by atoms with Gasteiger partial charge in [0.05, 0.1) is 5.75 Å². The molecule has 0 atom stereocenters. The molecular weight excluding hydrogens is 184 g/mol. The Morgan fingerprint density at radius 2 is 2.08 bits per heavy atom. The van der Waals surface area contributed by atoms with Gasteiger partial charge < -0.3 is 5.11 Å². The third-order valence-electron chi connectivity index (χ3n) is 1.36. The third kappa shape index (κ3) is 4.38. The van der Waals surface area contributed by atoms with Crippen molar-refractivity contribution < 1.29 is 9.90 Å². The zero-order chi connectivity index (χ0) is 9.52. The fourth-order valence-electron chi connectivity index (χ4n) is 0.810. The van der Waals surface area contributed by atoms with E-state index in [2.05, 4.69) is 0 Å². The Morgan fingerprint density at radius 3 is 2.69 bits per heavy atom. The van der Waals surface area contributed by atoms with E-state index in [1.165, 1.54) is 11.8 Å². The van der Waals surface area contributed by atoms with Gasteiger partial charge in [0.15, 0.2) is 0 Å². The molecule has 0 spiro atoms. The molecule has 13 heavy (non-hydrogen) atoms. The van der Waals surface area contributed by atoms with Crippen molar-refractivity contribution >= 4 is 23.8 Å². The first-order valence-corrected chi connectivity index (χ1v) is 4.89. The molecule has 68 valence electrons. The van der Waals surface area contributed by atoms with Crippen molar-refractivity contribution in [3.63, 3.8) is 0 Å². The van der Waals surface area contributed by atoms with Crippen molar-refractivity contribution in [1.82, 2.24) is 0 Å². The number of rotatable bonds is 4. The van der Waals surface area contributed by atoms with E-state index in [0.717, 1.165) is 5.56 Å². The molecule has 0 bridgehead atoms. The summed E-state index contributed by atoms with van der Waals surface area (Å²) in [5.41, 5.74) is 1.08. The van der Waals surface area contributed by atoms with Crippen LogP contribution in [-0.2, 0) is 4.79 Å². The molecule has 1 aromatic carbocycles. The van der Waals surface area contributed by atoms with Crippen molar-refractivity contribution in [2.24, 2.45) is 0 Å². The van der Waals surface area contributed by atoms with Crippen LogP contribution in [0.15, 0.2) is 35.7 Å². The Bertz CT molecular complexity index is 293. The largest absolute Gasteiger partial charge is 0.481 e. The Morgan fingerprint density at radius 1 is 1.38 bits per heavy atom. The predicted octanol–water partition coefficient (Wildman–Crippen LogP) is 2.48. The lowest BCUT2D eigenvalue weighted by molar-refractivity contribution is -0.133. The van der Waals surface area contributed by atoms with Crippen LogP contribution in [0.3, 0.4) is 0 Å². The van der Waals surface area contributed by atoms with E-state index < -0.39 is 5.97 Å². The van der Waals surface area contributed by atoms with Crippen molar-refractivity contribution in [2.75, 3.05) is 5.75 Å². The number of aliphatic carboxylic acids is 1. The van der Waals surface area contributed by atoms with Crippen molar-refractivity contribution in [3.05, 3.63) is 41.3 Å². The molecule has 1 N–H and O–H groups in total. The lowest BCUT2D eigenvalue weighted by Gasteiger charge is -1.90. The highest BCUT2D eigenvalue weighted by atomic mass is 32.2. The van der Waals surface area contributed by atoms with E-state index in [1.54, 1.807) is 5.41 Å². The zero-order valence-electron chi connectivity index (χ0n) is 7.01. The third-order valence-corrected chi connectivity index (χ3v) is 2.11. The first-order valence-electron chi connectivity index (χ1n) is 3.84. The van der Waals surface area contributed by atoms with Gasteiger partial charge in [0, 0.05) is 0 Å². The van der Waals surface area contributed by atoms with Gasteiger partial charge in [-0.1, -0.05) is 30.3 Å². The van der Waals surface area contributed by atoms with Gasteiger partial charge in [0.1, 0.15) is 0 Å². The second-order valence-corrected chi connectivity index (χ2v) is 3.31. The van der Waals surface area contributed by atoms with Crippen LogP contribution in [0.4, 0.5) is 0 Å². The summed E-state index contributed by atoms with van der Waals surface area (Å²) in [5.74, 6) is -0.675. The standard InChI is InChI=1S/C10H10O2S/c11-10(12)8-13-7-6-9-4-2-1-3-5-9/h1-7H,8H2,(H,11,12). The Balaban J connectivity index is 2.37. The van der Waals surface area contributed by atoms with Gasteiger partial charge >= 0.3 is 5.97 Å². The molecular formula is C10H10O2S. The van der Waals surface area contributed by atoms with E-state index in [0.29, 0.717) is 0 Å². The molecule has 0 aliphatic heterocycles. The quantitative estimate of drug-likeness (QED) is 0.800. The van der Waals surface area contributed by atoms with Crippen LogP contribution in [-0.4, -0.2) is 16.8 Å². The zero-order valence-corrected chi connectivity index (χ0v) is 7.83. The summed E-state index contributed by atoms with van der Waals surface area (Å²) in [4.78, 5) is 10.2. The maximum Gasteiger partial charge on any atom is 0.313 e. The first-order chi connectivity index (χ1) is 6.29. The van der Waals surface area contributed by atoms with Crippen molar-refractivity contribution in [2.45, 2.75) is 0 Å². The van der Waals surface area contributed by atoms with E-state index in [9.17, 15) is 4.79 Å². The summed E-state index contributed by atoms with van der Waals surface area (Å²) in [7, 11) is 0. The summed E-state index contributed by atoms with van der Waals surface area (Å²) in [6, 6.07) is 9.78. The number of hydrogen-bond donors (Lipinski definition) is 1. The molecule has 0 aliphatic rings. The van der Waals surface area contributed by atoms with Gasteiger partial charge in [-0.25, -0.2) is 0 Å². The van der Waals surface area contributed by atoms with E-state index in [-0.39, 0.29) is 5.75 Å². The number of thioether (sulfide) groups is 1. The monoisotopic (exact) mass is 194 g/mol. The Kier molecular flexibility index (Phi) is 4.12. The molecule has 0 amide bonds. The second-order valence-electron chi connectivity index (χ2n) is 2.42. The summed E-state index contributed by atoms with van der Waals surface area (Å²) in [6.45, 7) is 0. The molecule has 0 heterocycles. The molecule has 1 rings (SSSR count). The summed E-state index contributed by atoms with van der Waals surface area (Å²) < 4.78 is 0. The second kappa shape index (κ2) is 5.43. The Hall–Kier alpha value is -1.22. The fraction of sp³-hybridized carbons (Fsp3) is 0.100. The van der Waals surface area contributed by atoms with Gasteiger partial charge in [-0.3, -0.25) is 4.79 Å². The minimum Gasteiger partial charge on any atom is -0.481 e. The molecule has 0 unspecified atom stereocenters. The molecule has 0 saturated carbocycles. The van der Waals surface area contributed by atoms with Gasteiger partial charge in [-0.15, -0.1) is 11.8 Å². The van der Waals surface area contributed by atoms with Crippen LogP contribution >= 0.6 is 11.8 Å². The average Bonchev–Trinajstić information content (AvgIpc) is 2.14. The normalized spacial score (nSPS) is 10.5. The average molecular weight is 194 g/mol. The van der Waals surface area contributed by atoms with Crippen LogP contribution in [0, 0.1) is 0 Å².